The predicted molar refractivity (Wildman–Crippen MR) is 101 cm³/mol. The summed E-state index contributed by atoms with van der Waals surface area (Å²) in [6.45, 7) is 14.1. The van der Waals surface area contributed by atoms with Gasteiger partial charge in [-0.05, 0) is 51.3 Å². The first-order valence-corrected chi connectivity index (χ1v) is 8.64. The fourth-order valence-electron chi connectivity index (χ4n) is 2.19. The van der Waals surface area contributed by atoms with Gasteiger partial charge < -0.3 is 19.5 Å². The third-order valence-electron chi connectivity index (χ3n) is 3.30. The molecule has 5 nitrogen and oxygen atoms in total. The Labute approximate surface area is 151 Å². The van der Waals surface area contributed by atoms with Crippen LogP contribution in [0.25, 0.3) is 0 Å². The summed E-state index contributed by atoms with van der Waals surface area (Å²) in [5.41, 5.74) is 3.67. The standard InChI is InChI=1S/C20H31NO4/c1-6-19(22)25-14-13-24-12-11-23-10-9-17-8-7-16(2)15-18(17)21-20(3,4)5/h6-8,15,21H,1,9-14H2,2-5H3. The molecule has 5 heteroatoms. The molecular formula is C20H31NO4. The van der Waals surface area contributed by atoms with Crippen LogP contribution < -0.4 is 5.32 Å². The number of rotatable bonds is 11. The number of hydrogen-bond acceptors (Lipinski definition) is 5. The summed E-state index contributed by atoms with van der Waals surface area (Å²) < 4.78 is 15.8. The van der Waals surface area contributed by atoms with Crippen molar-refractivity contribution >= 4 is 11.7 Å². The number of nitrogens with one attached hydrogen (secondary N) is 1. The van der Waals surface area contributed by atoms with E-state index in [9.17, 15) is 4.79 Å². The first kappa shape index (κ1) is 21.2. The first-order chi connectivity index (χ1) is 11.8. The van der Waals surface area contributed by atoms with Gasteiger partial charge in [0.25, 0.3) is 0 Å². The first-order valence-electron chi connectivity index (χ1n) is 8.64. The van der Waals surface area contributed by atoms with Crippen molar-refractivity contribution < 1.29 is 19.0 Å². The zero-order valence-corrected chi connectivity index (χ0v) is 15.9. The normalized spacial score (nSPS) is 11.2. The quantitative estimate of drug-likeness (QED) is 0.376. The number of anilines is 1. The van der Waals surface area contributed by atoms with Crippen LogP contribution in [0.3, 0.4) is 0 Å². The summed E-state index contributed by atoms with van der Waals surface area (Å²) in [5.74, 6) is -0.433. The van der Waals surface area contributed by atoms with Crippen LogP contribution in [0.15, 0.2) is 30.9 Å². The van der Waals surface area contributed by atoms with E-state index in [2.05, 4.69) is 57.8 Å². The molecule has 0 aliphatic heterocycles. The highest BCUT2D eigenvalue weighted by atomic mass is 16.6. The third kappa shape index (κ3) is 9.89. The predicted octanol–water partition coefficient (Wildman–Crippen LogP) is 3.51. The van der Waals surface area contributed by atoms with Gasteiger partial charge in [-0.15, -0.1) is 0 Å². The Morgan fingerprint density at radius 3 is 2.40 bits per heavy atom. The van der Waals surface area contributed by atoms with E-state index in [0.29, 0.717) is 26.4 Å². The number of carbonyl (C=O) groups excluding carboxylic acids is 1. The van der Waals surface area contributed by atoms with E-state index >= 15 is 0 Å². The van der Waals surface area contributed by atoms with Crippen LogP contribution in [0.5, 0.6) is 0 Å². The van der Waals surface area contributed by atoms with Gasteiger partial charge in [-0.2, -0.15) is 0 Å². The largest absolute Gasteiger partial charge is 0.460 e. The van der Waals surface area contributed by atoms with E-state index in [1.807, 2.05) is 0 Å². The minimum atomic E-state index is -0.433. The fourth-order valence-corrected chi connectivity index (χ4v) is 2.19. The second-order valence-corrected chi connectivity index (χ2v) is 6.88. The highest BCUT2D eigenvalue weighted by molar-refractivity contribution is 5.81. The van der Waals surface area contributed by atoms with Crippen molar-refractivity contribution in [3.63, 3.8) is 0 Å². The molecule has 1 N–H and O–H groups in total. The maximum absolute atomic E-state index is 10.8. The molecule has 0 unspecified atom stereocenters. The van der Waals surface area contributed by atoms with Crippen molar-refractivity contribution in [3.8, 4) is 0 Å². The van der Waals surface area contributed by atoms with Crippen molar-refractivity contribution in [1.29, 1.82) is 0 Å². The Kier molecular flexibility index (Phi) is 9.24. The van der Waals surface area contributed by atoms with Crippen molar-refractivity contribution in [1.82, 2.24) is 0 Å². The molecule has 0 spiro atoms. The second kappa shape index (κ2) is 10.9. The minimum Gasteiger partial charge on any atom is -0.460 e. The molecule has 0 aliphatic rings. The number of ether oxygens (including phenoxy) is 3. The van der Waals surface area contributed by atoms with E-state index < -0.39 is 5.97 Å². The lowest BCUT2D eigenvalue weighted by molar-refractivity contribution is -0.139. The molecule has 0 aromatic heterocycles. The fraction of sp³-hybridized carbons (Fsp3) is 0.550. The molecular weight excluding hydrogens is 318 g/mol. The average Bonchev–Trinajstić information content (AvgIpc) is 2.53. The van der Waals surface area contributed by atoms with Crippen LogP contribution in [0.2, 0.25) is 0 Å². The van der Waals surface area contributed by atoms with Gasteiger partial charge in [-0.25, -0.2) is 4.79 Å². The molecule has 0 radical (unpaired) electrons. The molecule has 0 heterocycles. The SMILES string of the molecule is C=CC(=O)OCCOCCOCCc1ccc(C)cc1NC(C)(C)C. The lowest BCUT2D eigenvalue weighted by Crippen LogP contribution is -2.27. The molecule has 0 fully saturated rings. The second-order valence-electron chi connectivity index (χ2n) is 6.88. The van der Waals surface area contributed by atoms with Crippen molar-refractivity contribution in [3.05, 3.63) is 42.0 Å². The molecule has 140 valence electrons. The van der Waals surface area contributed by atoms with E-state index in [4.69, 9.17) is 14.2 Å². The van der Waals surface area contributed by atoms with Gasteiger partial charge in [0.2, 0.25) is 0 Å². The van der Waals surface area contributed by atoms with Crippen LogP contribution in [0.1, 0.15) is 31.9 Å². The van der Waals surface area contributed by atoms with Gasteiger partial charge >= 0.3 is 5.97 Å². The lowest BCUT2D eigenvalue weighted by Gasteiger charge is -2.24. The van der Waals surface area contributed by atoms with Crippen LogP contribution in [0.4, 0.5) is 5.69 Å². The molecule has 1 aromatic carbocycles. The van der Waals surface area contributed by atoms with Gasteiger partial charge in [0, 0.05) is 17.3 Å². The summed E-state index contributed by atoms with van der Waals surface area (Å²) in [7, 11) is 0. The van der Waals surface area contributed by atoms with Crippen molar-refractivity contribution in [2.24, 2.45) is 0 Å². The maximum atomic E-state index is 10.8. The summed E-state index contributed by atoms with van der Waals surface area (Å²) in [6, 6.07) is 6.45. The number of carbonyl (C=O) groups is 1. The molecule has 25 heavy (non-hydrogen) atoms. The molecule has 0 bridgehead atoms. The van der Waals surface area contributed by atoms with Gasteiger partial charge in [0.1, 0.15) is 6.61 Å². The molecule has 0 saturated heterocycles. The molecule has 0 amide bonds. The van der Waals surface area contributed by atoms with Gasteiger partial charge in [-0.3, -0.25) is 0 Å². The lowest BCUT2D eigenvalue weighted by atomic mass is 10.0. The third-order valence-corrected chi connectivity index (χ3v) is 3.30. The van der Waals surface area contributed by atoms with Crippen molar-refractivity contribution in [2.45, 2.75) is 39.7 Å². The van der Waals surface area contributed by atoms with Gasteiger partial charge in [0.15, 0.2) is 0 Å². The Morgan fingerprint density at radius 2 is 1.76 bits per heavy atom. The topological polar surface area (TPSA) is 56.8 Å². The maximum Gasteiger partial charge on any atom is 0.330 e. The highest BCUT2D eigenvalue weighted by Crippen LogP contribution is 2.22. The Balaban J connectivity index is 2.23. The summed E-state index contributed by atoms with van der Waals surface area (Å²) in [6.07, 6.45) is 1.98. The van der Waals surface area contributed by atoms with Crippen LogP contribution in [-0.2, 0) is 25.4 Å². The molecule has 0 saturated carbocycles. The van der Waals surface area contributed by atoms with Crippen LogP contribution in [0, 0.1) is 6.92 Å². The average molecular weight is 349 g/mol. The van der Waals surface area contributed by atoms with Gasteiger partial charge in [0.05, 0.1) is 26.4 Å². The Morgan fingerprint density at radius 1 is 1.12 bits per heavy atom. The van der Waals surface area contributed by atoms with Gasteiger partial charge in [-0.1, -0.05) is 18.7 Å². The van der Waals surface area contributed by atoms with E-state index in [1.165, 1.54) is 11.1 Å². The molecule has 1 aromatic rings. The Bertz CT molecular complexity index is 549. The highest BCUT2D eigenvalue weighted by Gasteiger charge is 2.12. The van der Waals surface area contributed by atoms with Crippen molar-refractivity contribution in [2.75, 3.05) is 38.4 Å². The number of aryl methyl sites for hydroxylation is 1. The smallest absolute Gasteiger partial charge is 0.330 e. The molecule has 0 atom stereocenters. The summed E-state index contributed by atoms with van der Waals surface area (Å²) in [5, 5.41) is 3.55. The van der Waals surface area contributed by atoms with E-state index in [0.717, 1.165) is 18.2 Å². The monoisotopic (exact) mass is 349 g/mol. The molecule has 1 rings (SSSR count). The summed E-state index contributed by atoms with van der Waals surface area (Å²) in [4.78, 5) is 10.8. The van der Waals surface area contributed by atoms with Crippen LogP contribution >= 0.6 is 0 Å². The summed E-state index contributed by atoms with van der Waals surface area (Å²) >= 11 is 0. The number of benzene rings is 1. The minimum absolute atomic E-state index is 0.0201. The van der Waals surface area contributed by atoms with Crippen LogP contribution in [-0.4, -0.2) is 44.5 Å². The van der Waals surface area contributed by atoms with E-state index in [1.54, 1.807) is 0 Å². The Hall–Kier alpha value is -1.85. The van der Waals surface area contributed by atoms with E-state index in [-0.39, 0.29) is 12.1 Å². The molecule has 0 aliphatic carbocycles. The number of esters is 1. The number of hydrogen-bond donors (Lipinski definition) is 1. The zero-order chi connectivity index (χ0) is 18.7. The zero-order valence-electron chi connectivity index (χ0n) is 15.9.